The third kappa shape index (κ3) is 5.11. The largest absolute Gasteiger partial charge is 0.393 e. The lowest BCUT2D eigenvalue weighted by molar-refractivity contribution is -0.130. The van der Waals surface area contributed by atoms with E-state index < -0.39 is 0 Å². The number of amides is 1. The number of hydrogen-bond donors (Lipinski definition) is 2. The maximum absolute atomic E-state index is 11.9. The van der Waals surface area contributed by atoms with Gasteiger partial charge in [0.2, 0.25) is 5.91 Å². The summed E-state index contributed by atoms with van der Waals surface area (Å²) in [7, 11) is 0. The van der Waals surface area contributed by atoms with Gasteiger partial charge >= 0.3 is 0 Å². The van der Waals surface area contributed by atoms with Gasteiger partial charge in [0.1, 0.15) is 0 Å². The molecule has 0 bridgehead atoms. The fraction of sp³-hybridized carbons (Fsp3) is 0.818. The van der Waals surface area contributed by atoms with Gasteiger partial charge in [-0.25, -0.2) is 0 Å². The van der Waals surface area contributed by atoms with Gasteiger partial charge in [-0.05, 0) is 12.8 Å². The Kier molecular flexibility index (Phi) is 5.80. The standard InChI is InChI=1S/C11H22N2OS/c1-5-8(7-9(12)15)13-10(14)11(3,4)6-2/h8H,5-7H2,1-4H3,(H2,12,15)(H,13,14). The van der Waals surface area contributed by atoms with E-state index in [4.69, 9.17) is 18.0 Å². The highest BCUT2D eigenvalue weighted by Crippen LogP contribution is 2.20. The number of thiocarbonyl (C=S) groups is 1. The first-order valence-corrected chi connectivity index (χ1v) is 5.83. The molecule has 0 aromatic rings. The molecular weight excluding hydrogens is 208 g/mol. The quantitative estimate of drug-likeness (QED) is 0.686. The van der Waals surface area contributed by atoms with E-state index in [1.807, 2.05) is 27.7 Å². The van der Waals surface area contributed by atoms with Gasteiger partial charge < -0.3 is 11.1 Å². The van der Waals surface area contributed by atoms with Crippen LogP contribution in [0, 0.1) is 5.41 Å². The molecule has 0 aromatic carbocycles. The highest BCUT2D eigenvalue weighted by atomic mass is 32.1. The smallest absolute Gasteiger partial charge is 0.225 e. The molecule has 3 nitrogen and oxygen atoms in total. The Bertz CT molecular complexity index is 239. The number of carbonyl (C=O) groups is 1. The van der Waals surface area contributed by atoms with Gasteiger partial charge in [-0.15, -0.1) is 0 Å². The Morgan fingerprint density at radius 1 is 1.47 bits per heavy atom. The summed E-state index contributed by atoms with van der Waals surface area (Å²) in [6, 6.07) is 0.0702. The van der Waals surface area contributed by atoms with Crippen LogP contribution < -0.4 is 11.1 Å². The van der Waals surface area contributed by atoms with Crippen LogP contribution >= 0.6 is 12.2 Å². The predicted octanol–water partition coefficient (Wildman–Crippen LogP) is 1.99. The molecule has 15 heavy (non-hydrogen) atoms. The van der Waals surface area contributed by atoms with Gasteiger partial charge in [-0.2, -0.15) is 0 Å². The second-order valence-corrected chi connectivity index (χ2v) is 5.01. The summed E-state index contributed by atoms with van der Waals surface area (Å²) in [5, 5.41) is 2.98. The van der Waals surface area contributed by atoms with Crippen molar-refractivity contribution in [1.82, 2.24) is 5.32 Å². The summed E-state index contributed by atoms with van der Waals surface area (Å²) < 4.78 is 0. The highest BCUT2D eigenvalue weighted by Gasteiger charge is 2.26. The highest BCUT2D eigenvalue weighted by molar-refractivity contribution is 7.80. The van der Waals surface area contributed by atoms with E-state index in [1.54, 1.807) is 0 Å². The van der Waals surface area contributed by atoms with E-state index in [1.165, 1.54) is 0 Å². The zero-order chi connectivity index (χ0) is 12.1. The number of nitrogens with one attached hydrogen (secondary N) is 1. The number of rotatable bonds is 6. The van der Waals surface area contributed by atoms with Crippen LogP contribution in [0.15, 0.2) is 0 Å². The van der Waals surface area contributed by atoms with Crippen molar-refractivity contribution in [3.8, 4) is 0 Å². The number of nitrogens with two attached hydrogens (primary N) is 1. The molecule has 0 heterocycles. The first-order chi connectivity index (χ1) is 6.83. The minimum atomic E-state index is -0.316. The lowest BCUT2D eigenvalue weighted by atomic mass is 9.89. The first-order valence-electron chi connectivity index (χ1n) is 5.42. The van der Waals surface area contributed by atoms with Gasteiger partial charge in [0.15, 0.2) is 0 Å². The summed E-state index contributed by atoms with van der Waals surface area (Å²) in [6.45, 7) is 7.90. The third-order valence-electron chi connectivity index (χ3n) is 2.77. The predicted molar refractivity (Wildman–Crippen MR) is 67.7 cm³/mol. The van der Waals surface area contributed by atoms with Crippen molar-refractivity contribution in [1.29, 1.82) is 0 Å². The second kappa shape index (κ2) is 6.05. The minimum absolute atomic E-state index is 0.0702. The van der Waals surface area contributed by atoms with Crippen molar-refractivity contribution in [3.63, 3.8) is 0 Å². The summed E-state index contributed by atoms with van der Waals surface area (Å²) >= 11 is 4.84. The van der Waals surface area contributed by atoms with E-state index >= 15 is 0 Å². The monoisotopic (exact) mass is 230 g/mol. The molecule has 0 aliphatic heterocycles. The molecule has 1 atom stereocenters. The maximum Gasteiger partial charge on any atom is 0.225 e. The Morgan fingerprint density at radius 2 is 2.00 bits per heavy atom. The Balaban J connectivity index is 4.30. The Labute approximate surface area is 97.8 Å². The molecule has 0 rings (SSSR count). The molecule has 88 valence electrons. The van der Waals surface area contributed by atoms with Crippen molar-refractivity contribution in [2.45, 2.75) is 53.0 Å². The van der Waals surface area contributed by atoms with E-state index in [-0.39, 0.29) is 17.4 Å². The molecule has 1 unspecified atom stereocenters. The van der Waals surface area contributed by atoms with Gasteiger partial charge in [-0.3, -0.25) is 4.79 Å². The third-order valence-corrected chi connectivity index (χ3v) is 2.94. The Hall–Kier alpha value is -0.640. The molecule has 0 radical (unpaired) electrons. The molecule has 4 heteroatoms. The molecular formula is C11H22N2OS. The van der Waals surface area contributed by atoms with Gasteiger partial charge in [-0.1, -0.05) is 39.9 Å². The van der Waals surface area contributed by atoms with E-state index in [0.717, 1.165) is 12.8 Å². The van der Waals surface area contributed by atoms with Crippen molar-refractivity contribution >= 4 is 23.1 Å². The molecule has 0 aliphatic rings. The molecule has 0 spiro atoms. The summed E-state index contributed by atoms with van der Waals surface area (Å²) in [5.41, 5.74) is 5.15. The second-order valence-electron chi connectivity index (χ2n) is 4.49. The van der Waals surface area contributed by atoms with Crippen molar-refractivity contribution < 1.29 is 4.79 Å². The van der Waals surface area contributed by atoms with Crippen molar-refractivity contribution in [2.24, 2.45) is 11.1 Å². The van der Waals surface area contributed by atoms with E-state index in [0.29, 0.717) is 11.4 Å². The zero-order valence-electron chi connectivity index (χ0n) is 10.1. The van der Waals surface area contributed by atoms with Crippen LogP contribution in [-0.2, 0) is 4.79 Å². The minimum Gasteiger partial charge on any atom is -0.393 e. The molecule has 1 amide bonds. The maximum atomic E-state index is 11.9. The average molecular weight is 230 g/mol. The lowest BCUT2D eigenvalue weighted by Gasteiger charge is -2.25. The van der Waals surface area contributed by atoms with Gasteiger partial charge in [0, 0.05) is 17.9 Å². The summed E-state index contributed by atoms with van der Waals surface area (Å²) in [4.78, 5) is 12.3. The SMILES string of the molecule is CCC(CC(N)=S)NC(=O)C(C)(C)CC. The Morgan fingerprint density at radius 3 is 2.33 bits per heavy atom. The zero-order valence-corrected chi connectivity index (χ0v) is 10.9. The van der Waals surface area contributed by atoms with Crippen LogP contribution in [0.5, 0.6) is 0 Å². The van der Waals surface area contributed by atoms with Crippen LogP contribution in [-0.4, -0.2) is 16.9 Å². The average Bonchev–Trinajstić information content (AvgIpc) is 2.15. The number of hydrogen-bond acceptors (Lipinski definition) is 2. The van der Waals surface area contributed by atoms with Crippen LogP contribution in [0.4, 0.5) is 0 Å². The summed E-state index contributed by atoms with van der Waals surface area (Å²) in [6.07, 6.45) is 2.25. The molecule has 0 fully saturated rings. The van der Waals surface area contributed by atoms with Gasteiger partial charge in [0.25, 0.3) is 0 Å². The van der Waals surface area contributed by atoms with Crippen LogP contribution in [0.1, 0.15) is 47.0 Å². The molecule has 0 aromatic heterocycles. The van der Waals surface area contributed by atoms with E-state index in [2.05, 4.69) is 5.32 Å². The lowest BCUT2D eigenvalue weighted by Crippen LogP contribution is -2.43. The van der Waals surface area contributed by atoms with E-state index in [9.17, 15) is 4.79 Å². The van der Waals surface area contributed by atoms with Gasteiger partial charge in [0.05, 0.1) is 4.99 Å². The normalized spacial score (nSPS) is 13.3. The summed E-state index contributed by atoms with van der Waals surface area (Å²) in [5.74, 6) is 0.0769. The molecule has 0 saturated heterocycles. The number of carbonyl (C=O) groups excluding carboxylic acids is 1. The molecule has 3 N–H and O–H groups in total. The van der Waals surface area contributed by atoms with Crippen molar-refractivity contribution in [3.05, 3.63) is 0 Å². The topological polar surface area (TPSA) is 55.1 Å². The van der Waals surface area contributed by atoms with Crippen LogP contribution in [0.25, 0.3) is 0 Å². The molecule has 0 aliphatic carbocycles. The fourth-order valence-corrected chi connectivity index (χ4v) is 1.28. The van der Waals surface area contributed by atoms with Crippen molar-refractivity contribution in [2.75, 3.05) is 0 Å². The fourth-order valence-electron chi connectivity index (χ4n) is 1.08. The molecule has 0 saturated carbocycles. The first kappa shape index (κ1) is 14.4. The van der Waals surface area contributed by atoms with Crippen LogP contribution in [0.3, 0.4) is 0 Å². The van der Waals surface area contributed by atoms with Crippen LogP contribution in [0.2, 0.25) is 0 Å².